The molecule has 0 amide bonds. The van der Waals surface area contributed by atoms with E-state index >= 15 is 0 Å². The highest BCUT2D eigenvalue weighted by molar-refractivity contribution is 7.89. The molecule has 116 valence electrons. The van der Waals surface area contributed by atoms with Crippen molar-refractivity contribution < 1.29 is 8.42 Å². The Hall–Kier alpha value is -1.72. The molecule has 5 heteroatoms. The molecule has 1 fully saturated rings. The lowest BCUT2D eigenvalue weighted by atomic mass is 9.78. The molecule has 3 rings (SSSR count). The lowest BCUT2D eigenvalue weighted by Crippen LogP contribution is -2.57. The van der Waals surface area contributed by atoms with Crippen LogP contribution in [0.4, 0.5) is 0 Å². The van der Waals surface area contributed by atoms with Gasteiger partial charge < -0.3 is 0 Å². The van der Waals surface area contributed by atoms with E-state index in [1.54, 1.807) is 18.3 Å². The fraction of sp³-hybridized carbons (Fsp3) is 0.353. The zero-order chi connectivity index (χ0) is 15.8. The van der Waals surface area contributed by atoms with Gasteiger partial charge >= 0.3 is 0 Å². The summed E-state index contributed by atoms with van der Waals surface area (Å²) >= 11 is 0. The van der Waals surface area contributed by atoms with Gasteiger partial charge in [-0.05, 0) is 42.0 Å². The standard InChI is InChI=1S/C17H20N2O2S/c1-14-8-9-18-16(10-14)22(20,21)19-12-17(2,13-19)11-15-6-4-3-5-7-15/h3-10H,11-13H2,1-2H3. The molecular formula is C17H20N2O2S. The summed E-state index contributed by atoms with van der Waals surface area (Å²) in [5, 5.41) is 0.147. The summed E-state index contributed by atoms with van der Waals surface area (Å²) in [5.74, 6) is 0. The minimum absolute atomic E-state index is 0.00174. The first-order chi connectivity index (χ1) is 10.4. The zero-order valence-electron chi connectivity index (χ0n) is 12.9. The van der Waals surface area contributed by atoms with Crippen molar-refractivity contribution in [2.75, 3.05) is 13.1 Å². The van der Waals surface area contributed by atoms with Gasteiger partial charge in [-0.1, -0.05) is 37.3 Å². The number of rotatable bonds is 4. The largest absolute Gasteiger partial charge is 0.260 e. The summed E-state index contributed by atoms with van der Waals surface area (Å²) < 4.78 is 26.7. The predicted molar refractivity (Wildman–Crippen MR) is 86.0 cm³/mol. The van der Waals surface area contributed by atoms with E-state index in [0.717, 1.165) is 12.0 Å². The molecule has 0 atom stereocenters. The SMILES string of the molecule is Cc1ccnc(S(=O)(=O)N2CC(C)(Cc3ccccc3)C2)c1. The summed E-state index contributed by atoms with van der Waals surface area (Å²) in [7, 11) is -3.47. The Labute approximate surface area is 131 Å². The van der Waals surface area contributed by atoms with E-state index in [1.165, 1.54) is 9.87 Å². The second kappa shape index (κ2) is 5.48. The maximum Gasteiger partial charge on any atom is 0.260 e. The van der Waals surface area contributed by atoms with Gasteiger partial charge in [0.25, 0.3) is 10.0 Å². The van der Waals surface area contributed by atoms with E-state index in [0.29, 0.717) is 13.1 Å². The highest BCUT2D eigenvalue weighted by Gasteiger charge is 2.45. The van der Waals surface area contributed by atoms with Crippen molar-refractivity contribution >= 4 is 10.0 Å². The fourth-order valence-electron chi connectivity index (χ4n) is 2.96. The van der Waals surface area contributed by atoms with Gasteiger partial charge in [-0.15, -0.1) is 0 Å². The first kappa shape index (κ1) is 15.2. The summed E-state index contributed by atoms with van der Waals surface area (Å²) in [4.78, 5) is 4.02. The molecule has 4 nitrogen and oxygen atoms in total. The van der Waals surface area contributed by atoms with Crippen molar-refractivity contribution in [2.24, 2.45) is 5.41 Å². The smallest absolute Gasteiger partial charge is 0.243 e. The van der Waals surface area contributed by atoms with Crippen LogP contribution in [0.1, 0.15) is 18.1 Å². The van der Waals surface area contributed by atoms with Crippen LogP contribution in [0, 0.1) is 12.3 Å². The maximum atomic E-state index is 12.6. The van der Waals surface area contributed by atoms with Crippen molar-refractivity contribution in [1.82, 2.24) is 9.29 Å². The normalized spacial score (nSPS) is 17.9. The van der Waals surface area contributed by atoms with Gasteiger partial charge in [-0.25, -0.2) is 13.4 Å². The third kappa shape index (κ3) is 2.91. The number of aryl methyl sites for hydroxylation is 1. The van der Waals surface area contributed by atoms with Gasteiger partial charge in [0.1, 0.15) is 0 Å². The van der Waals surface area contributed by atoms with Gasteiger partial charge in [0.05, 0.1) is 0 Å². The van der Waals surface area contributed by atoms with Crippen LogP contribution >= 0.6 is 0 Å². The van der Waals surface area contributed by atoms with Crippen molar-refractivity contribution in [1.29, 1.82) is 0 Å². The summed E-state index contributed by atoms with van der Waals surface area (Å²) in [6, 6.07) is 13.6. The van der Waals surface area contributed by atoms with Crippen LogP contribution in [-0.2, 0) is 16.4 Å². The second-order valence-corrected chi connectivity index (χ2v) is 8.30. The first-order valence-electron chi connectivity index (χ1n) is 7.36. The van der Waals surface area contributed by atoms with Gasteiger partial charge in [0.15, 0.2) is 5.03 Å². The van der Waals surface area contributed by atoms with Gasteiger partial charge in [0, 0.05) is 19.3 Å². The molecule has 1 saturated heterocycles. The van der Waals surface area contributed by atoms with Crippen molar-refractivity contribution in [2.45, 2.75) is 25.3 Å². The quantitative estimate of drug-likeness (QED) is 0.871. The van der Waals surface area contributed by atoms with Crippen LogP contribution in [0.3, 0.4) is 0 Å². The molecule has 0 unspecified atom stereocenters. The number of hydrogen-bond donors (Lipinski definition) is 0. The molecule has 0 spiro atoms. The number of sulfonamides is 1. The topological polar surface area (TPSA) is 50.3 Å². The lowest BCUT2D eigenvalue weighted by Gasteiger charge is -2.47. The van der Waals surface area contributed by atoms with Gasteiger partial charge in [0.2, 0.25) is 0 Å². The second-order valence-electron chi connectivity index (χ2n) is 6.42. The molecule has 2 aromatic rings. The van der Waals surface area contributed by atoms with Gasteiger partial charge in [-0.2, -0.15) is 4.31 Å². The highest BCUT2D eigenvalue weighted by atomic mass is 32.2. The first-order valence-corrected chi connectivity index (χ1v) is 8.80. The number of pyridine rings is 1. The van der Waals surface area contributed by atoms with Crippen LogP contribution in [0.25, 0.3) is 0 Å². The fourth-order valence-corrected chi connectivity index (χ4v) is 4.71. The van der Waals surface area contributed by atoms with Crippen LogP contribution in [0.5, 0.6) is 0 Å². The minimum Gasteiger partial charge on any atom is -0.243 e. The summed E-state index contributed by atoms with van der Waals surface area (Å²) in [6.45, 7) is 5.09. The van der Waals surface area contributed by atoms with E-state index < -0.39 is 10.0 Å². The zero-order valence-corrected chi connectivity index (χ0v) is 13.7. The highest BCUT2D eigenvalue weighted by Crippen LogP contribution is 2.36. The third-order valence-corrected chi connectivity index (χ3v) is 5.77. The average molecular weight is 316 g/mol. The molecule has 1 aromatic heterocycles. The number of aromatic nitrogens is 1. The van der Waals surface area contributed by atoms with Crippen LogP contribution in [0.2, 0.25) is 0 Å². The Morgan fingerprint density at radius 3 is 2.50 bits per heavy atom. The van der Waals surface area contributed by atoms with E-state index in [1.807, 2.05) is 25.1 Å². The Balaban J connectivity index is 1.72. The van der Waals surface area contributed by atoms with Crippen molar-refractivity contribution in [3.05, 3.63) is 59.8 Å². The molecule has 1 aliphatic rings. The average Bonchev–Trinajstić information content (AvgIpc) is 2.45. The molecule has 0 radical (unpaired) electrons. The lowest BCUT2D eigenvalue weighted by molar-refractivity contribution is 0.0903. The molecule has 22 heavy (non-hydrogen) atoms. The molecule has 1 aromatic carbocycles. The summed E-state index contributed by atoms with van der Waals surface area (Å²) in [5.41, 5.74) is 2.15. The van der Waals surface area contributed by atoms with Crippen LogP contribution in [0.15, 0.2) is 53.7 Å². The molecule has 0 N–H and O–H groups in total. The third-order valence-electron chi connectivity index (χ3n) is 4.08. The van der Waals surface area contributed by atoms with Crippen molar-refractivity contribution in [3.63, 3.8) is 0 Å². The Kier molecular flexibility index (Phi) is 3.78. The molecule has 1 aliphatic heterocycles. The maximum absolute atomic E-state index is 12.6. The van der Waals surface area contributed by atoms with Crippen molar-refractivity contribution in [3.8, 4) is 0 Å². The molecule has 2 heterocycles. The Morgan fingerprint density at radius 1 is 1.18 bits per heavy atom. The molecule has 0 aliphatic carbocycles. The van der Waals surface area contributed by atoms with E-state index in [4.69, 9.17) is 0 Å². The van der Waals surface area contributed by atoms with E-state index in [9.17, 15) is 8.42 Å². The monoisotopic (exact) mass is 316 g/mol. The van der Waals surface area contributed by atoms with E-state index in [-0.39, 0.29) is 10.4 Å². The Bertz CT molecular complexity index is 766. The number of benzene rings is 1. The van der Waals surface area contributed by atoms with Crippen LogP contribution in [-0.4, -0.2) is 30.8 Å². The Morgan fingerprint density at radius 2 is 1.86 bits per heavy atom. The molecular weight excluding hydrogens is 296 g/mol. The molecule has 0 saturated carbocycles. The predicted octanol–water partition coefficient (Wildman–Crippen LogP) is 2.64. The van der Waals surface area contributed by atoms with E-state index in [2.05, 4.69) is 24.0 Å². The van der Waals surface area contributed by atoms with Crippen LogP contribution < -0.4 is 0 Å². The van der Waals surface area contributed by atoms with Gasteiger partial charge in [-0.3, -0.25) is 0 Å². The molecule has 0 bridgehead atoms. The number of nitrogens with zero attached hydrogens (tertiary/aromatic N) is 2. The summed E-state index contributed by atoms with van der Waals surface area (Å²) in [6.07, 6.45) is 2.44. The minimum atomic E-state index is -3.47. The number of hydrogen-bond acceptors (Lipinski definition) is 3.